The smallest absolute Gasteiger partial charge is 0.239 e. The Kier molecular flexibility index (Phi) is 6.82. The van der Waals surface area contributed by atoms with Crippen molar-refractivity contribution in [2.45, 2.75) is 20.4 Å². The molecule has 0 aliphatic carbocycles. The van der Waals surface area contributed by atoms with Crippen LogP contribution in [0, 0.1) is 5.92 Å². The predicted octanol–water partition coefficient (Wildman–Crippen LogP) is 2.27. The third kappa shape index (κ3) is 5.39. The molecule has 0 spiro atoms. The van der Waals surface area contributed by atoms with Crippen LogP contribution in [0.3, 0.4) is 0 Å². The second-order valence-corrected chi connectivity index (χ2v) is 5.79. The summed E-state index contributed by atoms with van der Waals surface area (Å²) in [4.78, 5) is 13.8. The van der Waals surface area contributed by atoms with Gasteiger partial charge in [0.05, 0.1) is 6.54 Å². The number of rotatable bonds is 7. The van der Waals surface area contributed by atoms with Crippen molar-refractivity contribution in [1.29, 1.82) is 0 Å². The largest absolute Gasteiger partial charge is 0.365 e. The number of anilines is 1. The van der Waals surface area contributed by atoms with Crippen molar-refractivity contribution in [3.8, 4) is 0 Å². The molecule has 1 amide bonds. The molecule has 0 radical (unpaired) electrons. The van der Waals surface area contributed by atoms with Crippen LogP contribution < -0.4 is 15.5 Å². The highest BCUT2D eigenvalue weighted by atomic mass is 35.5. The molecule has 0 saturated heterocycles. The molecule has 0 unspecified atom stereocenters. The summed E-state index contributed by atoms with van der Waals surface area (Å²) in [6, 6.07) is 5.72. The molecule has 20 heavy (non-hydrogen) atoms. The lowest BCUT2D eigenvalue weighted by Gasteiger charge is -2.22. The van der Waals surface area contributed by atoms with Gasteiger partial charge in [-0.1, -0.05) is 25.4 Å². The molecule has 1 aromatic carbocycles. The number of amides is 1. The Hall–Kier alpha value is -1.26. The number of carbonyl (C=O) groups excluding carboxylic acids is 1. The third-order valence-corrected chi connectivity index (χ3v) is 3.14. The molecule has 0 heterocycles. The molecule has 112 valence electrons. The summed E-state index contributed by atoms with van der Waals surface area (Å²) in [6.07, 6.45) is 0. The monoisotopic (exact) mass is 297 g/mol. The fraction of sp³-hybridized carbons (Fsp3) is 0.533. The highest BCUT2D eigenvalue weighted by Crippen LogP contribution is 2.23. The van der Waals surface area contributed by atoms with Gasteiger partial charge in [-0.3, -0.25) is 4.79 Å². The number of carbonyl (C=O) groups is 1. The van der Waals surface area contributed by atoms with E-state index in [9.17, 15) is 4.79 Å². The molecule has 1 aromatic rings. The molecular formula is C15H24ClN3O. The van der Waals surface area contributed by atoms with Crippen LogP contribution in [0.1, 0.15) is 19.4 Å². The van der Waals surface area contributed by atoms with Crippen molar-refractivity contribution in [2.75, 3.05) is 32.1 Å². The molecule has 5 heteroatoms. The van der Waals surface area contributed by atoms with E-state index in [4.69, 9.17) is 11.6 Å². The van der Waals surface area contributed by atoms with E-state index in [1.165, 1.54) is 0 Å². The van der Waals surface area contributed by atoms with Crippen LogP contribution in [0.25, 0.3) is 0 Å². The summed E-state index contributed by atoms with van der Waals surface area (Å²) in [7, 11) is 3.80. The van der Waals surface area contributed by atoms with Gasteiger partial charge in [0.1, 0.15) is 0 Å². The number of nitrogens with zero attached hydrogens (tertiary/aromatic N) is 1. The Bertz CT molecular complexity index is 449. The van der Waals surface area contributed by atoms with Crippen LogP contribution in [0.15, 0.2) is 18.2 Å². The molecule has 0 atom stereocenters. The van der Waals surface area contributed by atoms with Crippen LogP contribution in [-0.2, 0) is 11.3 Å². The zero-order valence-corrected chi connectivity index (χ0v) is 13.4. The fourth-order valence-electron chi connectivity index (χ4n) is 1.93. The predicted molar refractivity (Wildman–Crippen MR) is 85.3 cm³/mol. The molecule has 0 bridgehead atoms. The molecule has 2 N–H and O–H groups in total. The highest BCUT2D eigenvalue weighted by molar-refractivity contribution is 6.30. The Balaban J connectivity index is 2.71. The molecule has 0 aliphatic heterocycles. The average molecular weight is 298 g/mol. The third-order valence-electron chi connectivity index (χ3n) is 2.91. The number of hydrogen-bond donors (Lipinski definition) is 2. The second kappa shape index (κ2) is 8.12. The summed E-state index contributed by atoms with van der Waals surface area (Å²) >= 11 is 6.02. The molecule has 0 fully saturated rings. The number of hydrogen-bond acceptors (Lipinski definition) is 3. The second-order valence-electron chi connectivity index (χ2n) is 5.36. The van der Waals surface area contributed by atoms with Crippen LogP contribution in [0.5, 0.6) is 0 Å². The first-order valence-corrected chi connectivity index (χ1v) is 7.22. The van der Waals surface area contributed by atoms with E-state index < -0.39 is 0 Å². The van der Waals surface area contributed by atoms with Gasteiger partial charge in [0.2, 0.25) is 5.91 Å². The number of benzene rings is 1. The first kappa shape index (κ1) is 16.8. The Labute approximate surface area is 126 Å². The molecule has 0 aliphatic rings. The van der Waals surface area contributed by atoms with Crippen molar-refractivity contribution in [1.82, 2.24) is 10.6 Å². The maximum Gasteiger partial charge on any atom is 0.239 e. The topological polar surface area (TPSA) is 44.4 Å². The highest BCUT2D eigenvalue weighted by Gasteiger charge is 2.11. The van der Waals surface area contributed by atoms with E-state index in [-0.39, 0.29) is 5.91 Å². The van der Waals surface area contributed by atoms with Gasteiger partial charge in [-0.15, -0.1) is 0 Å². The molecule has 0 saturated carbocycles. The van der Waals surface area contributed by atoms with Gasteiger partial charge in [-0.2, -0.15) is 0 Å². The SMILES string of the molecule is CNCc1cc(Cl)ccc1N(C)CC(=O)NCC(C)C. The van der Waals surface area contributed by atoms with E-state index in [1.807, 2.05) is 37.2 Å². The minimum atomic E-state index is 0.0338. The lowest BCUT2D eigenvalue weighted by atomic mass is 10.1. The molecule has 4 nitrogen and oxygen atoms in total. The Morgan fingerprint density at radius 1 is 1.40 bits per heavy atom. The lowest BCUT2D eigenvalue weighted by Crippen LogP contribution is -2.37. The summed E-state index contributed by atoms with van der Waals surface area (Å²) in [5.74, 6) is 0.492. The van der Waals surface area contributed by atoms with Gasteiger partial charge >= 0.3 is 0 Å². The quantitative estimate of drug-likeness (QED) is 0.811. The first-order chi connectivity index (χ1) is 9.43. The first-order valence-electron chi connectivity index (χ1n) is 6.85. The standard InChI is InChI=1S/C15H24ClN3O/c1-11(2)8-18-15(20)10-19(4)14-6-5-13(16)7-12(14)9-17-3/h5-7,11,17H,8-10H2,1-4H3,(H,18,20). The van der Waals surface area contributed by atoms with Gasteiger partial charge in [-0.25, -0.2) is 0 Å². The van der Waals surface area contributed by atoms with Gasteiger partial charge < -0.3 is 15.5 Å². The molecule has 1 rings (SSSR count). The van der Waals surface area contributed by atoms with Gasteiger partial charge in [-0.05, 0) is 36.7 Å². The van der Waals surface area contributed by atoms with E-state index in [1.54, 1.807) is 0 Å². The van der Waals surface area contributed by atoms with Crippen molar-refractivity contribution in [3.63, 3.8) is 0 Å². The van der Waals surface area contributed by atoms with E-state index in [2.05, 4.69) is 24.5 Å². The van der Waals surface area contributed by atoms with Crippen molar-refractivity contribution < 1.29 is 4.79 Å². The minimum Gasteiger partial charge on any atom is -0.365 e. The maximum atomic E-state index is 11.9. The molecule has 0 aromatic heterocycles. The Morgan fingerprint density at radius 2 is 2.10 bits per heavy atom. The number of likely N-dealkylation sites (N-methyl/N-ethyl adjacent to an activating group) is 1. The number of nitrogens with one attached hydrogen (secondary N) is 2. The maximum absolute atomic E-state index is 11.9. The van der Waals surface area contributed by atoms with Gasteiger partial charge in [0.15, 0.2) is 0 Å². The summed E-state index contributed by atoms with van der Waals surface area (Å²) in [5.41, 5.74) is 2.10. The number of halogens is 1. The minimum absolute atomic E-state index is 0.0338. The van der Waals surface area contributed by atoms with E-state index in [0.717, 1.165) is 11.3 Å². The van der Waals surface area contributed by atoms with Crippen molar-refractivity contribution in [3.05, 3.63) is 28.8 Å². The van der Waals surface area contributed by atoms with Crippen LogP contribution in [0.2, 0.25) is 5.02 Å². The van der Waals surface area contributed by atoms with Crippen LogP contribution in [0.4, 0.5) is 5.69 Å². The van der Waals surface area contributed by atoms with Crippen LogP contribution >= 0.6 is 11.6 Å². The normalized spacial score (nSPS) is 10.7. The van der Waals surface area contributed by atoms with Gasteiger partial charge in [0, 0.05) is 30.8 Å². The van der Waals surface area contributed by atoms with Gasteiger partial charge in [0.25, 0.3) is 0 Å². The molecular weight excluding hydrogens is 274 g/mol. The Morgan fingerprint density at radius 3 is 2.70 bits per heavy atom. The van der Waals surface area contributed by atoms with E-state index in [0.29, 0.717) is 30.6 Å². The zero-order valence-electron chi connectivity index (χ0n) is 12.7. The zero-order chi connectivity index (χ0) is 15.1. The van der Waals surface area contributed by atoms with Crippen molar-refractivity contribution >= 4 is 23.2 Å². The fourth-order valence-corrected chi connectivity index (χ4v) is 2.13. The van der Waals surface area contributed by atoms with Crippen molar-refractivity contribution in [2.24, 2.45) is 5.92 Å². The summed E-state index contributed by atoms with van der Waals surface area (Å²) in [6.45, 7) is 5.91. The summed E-state index contributed by atoms with van der Waals surface area (Å²) < 4.78 is 0. The average Bonchev–Trinajstić information content (AvgIpc) is 2.36. The van der Waals surface area contributed by atoms with Crippen LogP contribution in [-0.4, -0.2) is 33.1 Å². The van der Waals surface area contributed by atoms with E-state index >= 15 is 0 Å². The lowest BCUT2D eigenvalue weighted by molar-refractivity contribution is -0.119. The summed E-state index contributed by atoms with van der Waals surface area (Å²) in [5, 5.41) is 6.74.